The van der Waals surface area contributed by atoms with Gasteiger partial charge in [-0.2, -0.15) is 0 Å². The lowest BCUT2D eigenvalue weighted by Gasteiger charge is -2.14. The molecule has 2 amide bonds. The Balaban J connectivity index is 1.84. The minimum atomic E-state index is -3.85. The highest BCUT2D eigenvalue weighted by Gasteiger charge is 2.19. The summed E-state index contributed by atoms with van der Waals surface area (Å²) in [7, 11) is -1.02. The lowest BCUT2D eigenvalue weighted by molar-refractivity contribution is 0.100. The number of nitrogens with one attached hydrogen (secondary N) is 2. The van der Waals surface area contributed by atoms with Gasteiger partial charge < -0.3 is 20.5 Å². The molecule has 0 fully saturated rings. The van der Waals surface area contributed by atoms with Crippen LogP contribution in [0.25, 0.3) is 0 Å². The molecule has 0 unspecified atom stereocenters. The predicted molar refractivity (Wildman–Crippen MR) is 124 cm³/mol. The maximum Gasteiger partial charge on any atom is 0.261 e. The molecule has 33 heavy (non-hydrogen) atoms. The van der Waals surface area contributed by atoms with E-state index in [1.165, 1.54) is 50.6 Å². The first-order chi connectivity index (χ1) is 15.7. The molecule has 0 atom stereocenters. The van der Waals surface area contributed by atoms with Gasteiger partial charge in [-0.05, 0) is 48.9 Å². The minimum Gasteiger partial charge on any atom is -0.493 e. The van der Waals surface area contributed by atoms with Crippen molar-refractivity contribution in [1.82, 2.24) is 0 Å². The van der Waals surface area contributed by atoms with Crippen LogP contribution < -0.4 is 25.2 Å². The molecule has 0 saturated heterocycles. The second-order valence-corrected chi connectivity index (χ2v) is 8.70. The van der Waals surface area contributed by atoms with Gasteiger partial charge in [-0.3, -0.25) is 14.3 Å². The summed E-state index contributed by atoms with van der Waals surface area (Å²) in [5.41, 5.74) is 7.00. The number of carbonyl (C=O) groups excluding carboxylic acids is 2. The van der Waals surface area contributed by atoms with Gasteiger partial charge in [0.1, 0.15) is 0 Å². The molecule has 3 aromatic rings. The van der Waals surface area contributed by atoms with Crippen LogP contribution in [0.15, 0.2) is 65.6 Å². The van der Waals surface area contributed by atoms with Crippen molar-refractivity contribution in [2.24, 2.45) is 5.73 Å². The Morgan fingerprint density at radius 1 is 0.879 bits per heavy atom. The number of amides is 2. The third-order valence-electron chi connectivity index (χ3n) is 4.85. The van der Waals surface area contributed by atoms with Crippen molar-refractivity contribution in [3.05, 3.63) is 77.4 Å². The zero-order valence-electron chi connectivity index (χ0n) is 18.2. The summed E-state index contributed by atoms with van der Waals surface area (Å²) in [6.45, 7) is 1.79. The molecule has 4 N–H and O–H groups in total. The Labute approximate surface area is 191 Å². The Bertz CT molecular complexity index is 1300. The lowest BCUT2D eigenvalue weighted by Crippen LogP contribution is -2.19. The molecule has 0 saturated carbocycles. The topological polar surface area (TPSA) is 137 Å². The van der Waals surface area contributed by atoms with Gasteiger partial charge in [0.15, 0.2) is 11.5 Å². The molecule has 0 aliphatic rings. The van der Waals surface area contributed by atoms with Crippen molar-refractivity contribution in [3.8, 4) is 11.5 Å². The van der Waals surface area contributed by atoms with Crippen molar-refractivity contribution < 1.29 is 27.5 Å². The van der Waals surface area contributed by atoms with Crippen LogP contribution in [0.3, 0.4) is 0 Å². The number of anilines is 2. The van der Waals surface area contributed by atoms with E-state index < -0.39 is 21.8 Å². The molecule has 10 heteroatoms. The number of benzene rings is 3. The number of primary amides is 1. The predicted octanol–water partition coefficient (Wildman–Crippen LogP) is 3.16. The fraction of sp³-hybridized carbons (Fsp3) is 0.130. The SMILES string of the molecule is COc1cc(NC(=O)c2ccc(S(=O)(=O)Nc3ccccc3C)cc2)c(C(N)=O)cc1OC. The highest BCUT2D eigenvalue weighted by molar-refractivity contribution is 7.92. The quantitative estimate of drug-likeness (QED) is 0.463. The Morgan fingerprint density at radius 3 is 2.06 bits per heavy atom. The summed E-state index contributed by atoms with van der Waals surface area (Å²) in [5.74, 6) is -0.767. The molecule has 0 aromatic heterocycles. The molecule has 0 radical (unpaired) electrons. The van der Waals surface area contributed by atoms with Crippen molar-refractivity contribution in [2.45, 2.75) is 11.8 Å². The van der Waals surface area contributed by atoms with Gasteiger partial charge in [-0.25, -0.2) is 8.42 Å². The smallest absolute Gasteiger partial charge is 0.261 e. The first-order valence-corrected chi connectivity index (χ1v) is 11.2. The van der Waals surface area contributed by atoms with Gasteiger partial charge in [0.2, 0.25) is 0 Å². The largest absolute Gasteiger partial charge is 0.493 e. The van der Waals surface area contributed by atoms with E-state index in [0.717, 1.165) is 5.56 Å². The summed E-state index contributed by atoms with van der Waals surface area (Å²) in [6.07, 6.45) is 0. The minimum absolute atomic E-state index is 0.00811. The number of para-hydroxylation sites is 1. The number of hydrogen-bond acceptors (Lipinski definition) is 6. The standard InChI is InChI=1S/C23H23N3O6S/c1-14-6-4-5-7-18(14)26-33(29,30)16-10-8-15(9-11-16)23(28)25-19-13-21(32-3)20(31-2)12-17(19)22(24)27/h4-13,26H,1-3H3,(H2,24,27)(H,25,28). The molecule has 172 valence electrons. The van der Waals surface area contributed by atoms with E-state index in [2.05, 4.69) is 10.0 Å². The number of sulfonamides is 1. The fourth-order valence-electron chi connectivity index (χ4n) is 3.06. The van der Waals surface area contributed by atoms with Crippen molar-refractivity contribution >= 4 is 33.2 Å². The molecule has 9 nitrogen and oxygen atoms in total. The monoisotopic (exact) mass is 469 g/mol. The molecule has 0 aliphatic heterocycles. The number of hydrogen-bond donors (Lipinski definition) is 3. The van der Waals surface area contributed by atoms with Gasteiger partial charge in [-0.15, -0.1) is 0 Å². The average molecular weight is 470 g/mol. The third-order valence-corrected chi connectivity index (χ3v) is 6.23. The van der Waals surface area contributed by atoms with Crippen LogP contribution in [-0.4, -0.2) is 34.5 Å². The number of carbonyl (C=O) groups is 2. The summed E-state index contributed by atoms with van der Waals surface area (Å²) in [5, 5.41) is 2.60. The number of ether oxygens (including phenoxy) is 2. The van der Waals surface area contributed by atoms with Crippen LogP contribution in [0.2, 0.25) is 0 Å². The van der Waals surface area contributed by atoms with Gasteiger partial charge in [0, 0.05) is 11.6 Å². The van der Waals surface area contributed by atoms with E-state index in [0.29, 0.717) is 11.4 Å². The Hall–Kier alpha value is -4.05. The second kappa shape index (κ2) is 9.61. The molecule has 3 rings (SSSR count). The van der Waals surface area contributed by atoms with E-state index in [4.69, 9.17) is 15.2 Å². The normalized spacial score (nSPS) is 10.9. The summed E-state index contributed by atoms with van der Waals surface area (Å²) in [4.78, 5) is 24.6. The number of methoxy groups -OCH3 is 2. The van der Waals surface area contributed by atoms with E-state index in [1.54, 1.807) is 25.1 Å². The van der Waals surface area contributed by atoms with Gasteiger partial charge in [-0.1, -0.05) is 18.2 Å². The zero-order chi connectivity index (χ0) is 24.2. The molecular formula is C23H23N3O6S. The van der Waals surface area contributed by atoms with Crippen LogP contribution in [0.5, 0.6) is 11.5 Å². The maximum atomic E-state index is 12.7. The molecular weight excluding hydrogens is 446 g/mol. The van der Waals surface area contributed by atoms with E-state index in [1.807, 2.05) is 6.07 Å². The van der Waals surface area contributed by atoms with Crippen molar-refractivity contribution in [1.29, 1.82) is 0 Å². The average Bonchev–Trinajstić information content (AvgIpc) is 2.80. The Kier molecular flexibility index (Phi) is 6.88. The van der Waals surface area contributed by atoms with Crippen molar-refractivity contribution in [2.75, 3.05) is 24.3 Å². The molecule has 0 bridgehead atoms. The first-order valence-electron chi connectivity index (χ1n) is 9.72. The summed E-state index contributed by atoms with van der Waals surface area (Å²) >= 11 is 0. The molecule has 0 spiro atoms. The van der Waals surface area contributed by atoms with E-state index >= 15 is 0 Å². The van der Waals surface area contributed by atoms with Crippen LogP contribution in [0, 0.1) is 6.92 Å². The summed E-state index contributed by atoms with van der Waals surface area (Å²) in [6, 6.07) is 15.1. The van der Waals surface area contributed by atoms with Gasteiger partial charge in [0.25, 0.3) is 21.8 Å². The third kappa shape index (κ3) is 5.24. The number of rotatable bonds is 8. The second-order valence-electron chi connectivity index (χ2n) is 7.02. The molecule has 3 aromatic carbocycles. The maximum absolute atomic E-state index is 12.7. The van der Waals surface area contributed by atoms with E-state index in [9.17, 15) is 18.0 Å². The number of nitrogens with two attached hydrogens (primary N) is 1. The highest BCUT2D eigenvalue weighted by Crippen LogP contribution is 2.33. The van der Waals surface area contributed by atoms with Crippen LogP contribution in [0.1, 0.15) is 26.3 Å². The molecule has 0 aliphatic carbocycles. The van der Waals surface area contributed by atoms with Crippen LogP contribution >= 0.6 is 0 Å². The molecule has 0 heterocycles. The summed E-state index contributed by atoms with van der Waals surface area (Å²) < 4.78 is 38.3. The fourth-order valence-corrected chi connectivity index (χ4v) is 4.19. The van der Waals surface area contributed by atoms with Crippen molar-refractivity contribution in [3.63, 3.8) is 0 Å². The zero-order valence-corrected chi connectivity index (χ0v) is 19.0. The lowest BCUT2D eigenvalue weighted by atomic mass is 10.1. The van der Waals surface area contributed by atoms with Gasteiger partial charge >= 0.3 is 0 Å². The van der Waals surface area contributed by atoms with E-state index in [-0.39, 0.29) is 27.5 Å². The Morgan fingerprint density at radius 2 is 1.48 bits per heavy atom. The highest BCUT2D eigenvalue weighted by atomic mass is 32.2. The van der Waals surface area contributed by atoms with Gasteiger partial charge in [0.05, 0.1) is 36.1 Å². The number of aryl methyl sites for hydroxylation is 1. The van der Waals surface area contributed by atoms with Crippen LogP contribution in [0.4, 0.5) is 11.4 Å². The first kappa shape index (κ1) is 23.6. The van der Waals surface area contributed by atoms with Crippen LogP contribution in [-0.2, 0) is 10.0 Å².